The van der Waals surface area contributed by atoms with Crippen LogP contribution in [0.3, 0.4) is 0 Å². The van der Waals surface area contributed by atoms with E-state index in [9.17, 15) is 10.2 Å². The van der Waals surface area contributed by atoms with Gasteiger partial charge in [0.2, 0.25) is 0 Å². The van der Waals surface area contributed by atoms with E-state index < -0.39 is 6.10 Å². The van der Waals surface area contributed by atoms with Gasteiger partial charge in [-0.25, -0.2) is 0 Å². The zero-order valence-electron chi connectivity index (χ0n) is 14.3. The summed E-state index contributed by atoms with van der Waals surface area (Å²) in [7, 11) is 0. The molecule has 0 saturated heterocycles. The Morgan fingerprint density at radius 1 is 1.29 bits per heavy atom. The van der Waals surface area contributed by atoms with Crippen LogP contribution in [0.4, 0.5) is 0 Å². The predicted molar refractivity (Wildman–Crippen MR) is 98.8 cm³/mol. The Labute approximate surface area is 148 Å². The van der Waals surface area contributed by atoms with Gasteiger partial charge in [-0.1, -0.05) is 30.7 Å². The average molecular weight is 351 g/mol. The molecule has 4 nitrogen and oxygen atoms in total. The molecule has 0 unspecified atom stereocenters. The second-order valence-electron chi connectivity index (χ2n) is 6.73. The molecule has 1 heterocycles. The van der Waals surface area contributed by atoms with Gasteiger partial charge in [-0.2, -0.15) is 0 Å². The fourth-order valence-corrected chi connectivity index (χ4v) is 4.04. The van der Waals surface area contributed by atoms with Crippen LogP contribution in [0.25, 0.3) is 10.9 Å². The molecule has 2 atom stereocenters. The van der Waals surface area contributed by atoms with E-state index in [0.717, 1.165) is 29.8 Å². The van der Waals surface area contributed by atoms with E-state index in [4.69, 9.17) is 11.6 Å². The zero-order chi connectivity index (χ0) is 17.1. The molecule has 0 radical (unpaired) electrons. The number of aliphatic hydroxyl groups is 2. The van der Waals surface area contributed by atoms with Gasteiger partial charge in [0, 0.05) is 23.7 Å². The summed E-state index contributed by atoms with van der Waals surface area (Å²) in [4.78, 5) is 0. The maximum Gasteiger partial charge on any atom is 0.0843 e. The summed E-state index contributed by atoms with van der Waals surface area (Å²) < 4.78 is 2.22. The summed E-state index contributed by atoms with van der Waals surface area (Å²) in [5.74, 6) is 0. The lowest BCUT2D eigenvalue weighted by molar-refractivity contribution is 0.139. The second kappa shape index (κ2) is 7.87. The van der Waals surface area contributed by atoms with Gasteiger partial charge in [-0.05, 0) is 43.7 Å². The summed E-state index contributed by atoms with van der Waals surface area (Å²) in [5, 5.41) is 25.0. The fraction of sp³-hybridized carbons (Fsp3) is 0.579. The number of nitrogens with one attached hydrogen (secondary N) is 1. The highest BCUT2D eigenvalue weighted by Crippen LogP contribution is 2.35. The zero-order valence-corrected chi connectivity index (χ0v) is 15.0. The van der Waals surface area contributed by atoms with E-state index in [-0.39, 0.29) is 12.6 Å². The largest absolute Gasteiger partial charge is 0.395 e. The van der Waals surface area contributed by atoms with Gasteiger partial charge < -0.3 is 20.1 Å². The lowest BCUT2D eigenvalue weighted by Crippen LogP contribution is -2.39. The van der Waals surface area contributed by atoms with Crippen molar-refractivity contribution in [3.8, 4) is 0 Å². The molecule has 1 aliphatic rings. The van der Waals surface area contributed by atoms with E-state index in [1.807, 2.05) is 19.1 Å². The normalized spacial score (nSPS) is 17.0. The lowest BCUT2D eigenvalue weighted by atomic mass is 9.95. The minimum absolute atomic E-state index is 0.0403. The molecule has 0 fully saturated rings. The molecule has 5 heteroatoms. The molecular weight excluding hydrogens is 324 g/mol. The third-order valence-corrected chi connectivity index (χ3v) is 5.40. The minimum atomic E-state index is -0.511. The van der Waals surface area contributed by atoms with Gasteiger partial charge in [0.15, 0.2) is 0 Å². The Balaban J connectivity index is 1.86. The number of aliphatic hydroxyl groups excluding tert-OH is 2. The van der Waals surface area contributed by atoms with E-state index in [2.05, 4.69) is 16.0 Å². The third kappa shape index (κ3) is 3.47. The van der Waals surface area contributed by atoms with E-state index in [1.54, 1.807) is 0 Å². The number of aryl methyl sites for hydroxylation is 1. The topological polar surface area (TPSA) is 57.4 Å². The summed E-state index contributed by atoms with van der Waals surface area (Å²) in [6.45, 7) is 3.12. The molecule has 0 saturated carbocycles. The van der Waals surface area contributed by atoms with Crippen molar-refractivity contribution in [2.45, 2.75) is 57.7 Å². The van der Waals surface area contributed by atoms with Crippen LogP contribution in [0.15, 0.2) is 18.2 Å². The highest BCUT2D eigenvalue weighted by atomic mass is 35.5. The molecule has 0 spiro atoms. The molecule has 2 aromatic rings. The summed E-state index contributed by atoms with van der Waals surface area (Å²) >= 11 is 6.49. The minimum Gasteiger partial charge on any atom is -0.395 e. The highest BCUT2D eigenvalue weighted by molar-refractivity contribution is 6.35. The smallest absolute Gasteiger partial charge is 0.0843 e. The molecule has 0 amide bonds. The van der Waals surface area contributed by atoms with Crippen molar-refractivity contribution in [3.05, 3.63) is 34.5 Å². The summed E-state index contributed by atoms with van der Waals surface area (Å²) in [6.07, 6.45) is 4.89. The number of para-hydroxylation sites is 1. The number of benzene rings is 1. The van der Waals surface area contributed by atoms with Crippen molar-refractivity contribution in [1.29, 1.82) is 0 Å². The van der Waals surface area contributed by atoms with Crippen LogP contribution < -0.4 is 5.32 Å². The summed E-state index contributed by atoms with van der Waals surface area (Å²) in [6, 6.07) is 6.12. The number of hydrogen-bond acceptors (Lipinski definition) is 3. The van der Waals surface area contributed by atoms with Crippen LogP contribution in [-0.4, -0.2) is 40.1 Å². The van der Waals surface area contributed by atoms with Crippen molar-refractivity contribution in [3.63, 3.8) is 0 Å². The number of fused-ring (bicyclic) bond motifs is 3. The van der Waals surface area contributed by atoms with Crippen molar-refractivity contribution < 1.29 is 10.2 Å². The standard InChI is InChI=1S/C19H27ClN2O2/c1-2-13(12-23)21-10-14(24)11-22-18-9-4-3-6-15(18)16-7-5-8-17(20)19(16)22/h5,7-8,13-14,21,23-24H,2-4,6,9-12H2,1H3/t13-,14+/m1/s1. The summed E-state index contributed by atoms with van der Waals surface area (Å²) in [5.41, 5.74) is 3.79. The molecular formula is C19H27ClN2O2. The lowest BCUT2D eigenvalue weighted by Gasteiger charge is -2.21. The van der Waals surface area contributed by atoms with E-state index >= 15 is 0 Å². The third-order valence-electron chi connectivity index (χ3n) is 5.10. The fourth-order valence-electron chi connectivity index (χ4n) is 3.76. The SMILES string of the molecule is CC[C@H](CO)NC[C@H](O)Cn1c2c(c3cccc(Cl)c31)CCCC2. The first-order chi connectivity index (χ1) is 11.7. The number of halogens is 1. The first kappa shape index (κ1) is 17.7. The van der Waals surface area contributed by atoms with Gasteiger partial charge in [0.25, 0.3) is 0 Å². The van der Waals surface area contributed by atoms with Crippen molar-refractivity contribution in [2.24, 2.45) is 0 Å². The van der Waals surface area contributed by atoms with Crippen LogP contribution in [0, 0.1) is 0 Å². The molecule has 1 aliphatic carbocycles. The van der Waals surface area contributed by atoms with Crippen LogP contribution in [-0.2, 0) is 19.4 Å². The molecule has 24 heavy (non-hydrogen) atoms. The van der Waals surface area contributed by atoms with Crippen molar-refractivity contribution in [1.82, 2.24) is 9.88 Å². The van der Waals surface area contributed by atoms with Crippen LogP contribution in [0.2, 0.25) is 5.02 Å². The van der Waals surface area contributed by atoms with Gasteiger partial charge >= 0.3 is 0 Å². The molecule has 1 aromatic heterocycles. The average Bonchev–Trinajstić information content (AvgIpc) is 2.91. The van der Waals surface area contributed by atoms with Gasteiger partial charge in [0.1, 0.15) is 0 Å². The monoisotopic (exact) mass is 350 g/mol. The van der Waals surface area contributed by atoms with Crippen molar-refractivity contribution in [2.75, 3.05) is 13.2 Å². The number of nitrogens with zero attached hydrogens (tertiary/aromatic N) is 1. The van der Waals surface area contributed by atoms with Crippen LogP contribution in [0.5, 0.6) is 0 Å². The highest BCUT2D eigenvalue weighted by Gasteiger charge is 2.22. The molecule has 3 rings (SSSR count). The maximum atomic E-state index is 10.5. The Morgan fingerprint density at radius 3 is 2.83 bits per heavy atom. The second-order valence-corrected chi connectivity index (χ2v) is 7.14. The first-order valence-corrected chi connectivity index (χ1v) is 9.34. The molecule has 0 bridgehead atoms. The van der Waals surface area contributed by atoms with E-state index in [0.29, 0.717) is 13.1 Å². The Bertz CT molecular complexity index is 694. The molecule has 1 aromatic carbocycles. The molecule has 3 N–H and O–H groups in total. The van der Waals surface area contributed by atoms with Crippen molar-refractivity contribution >= 4 is 22.5 Å². The number of hydrogen-bond donors (Lipinski definition) is 3. The van der Waals surface area contributed by atoms with Crippen LogP contribution >= 0.6 is 11.6 Å². The maximum absolute atomic E-state index is 10.5. The Morgan fingerprint density at radius 2 is 2.08 bits per heavy atom. The van der Waals surface area contributed by atoms with Gasteiger partial charge in [0.05, 0.1) is 29.8 Å². The predicted octanol–water partition coefficient (Wildman–Crippen LogP) is 2.89. The first-order valence-electron chi connectivity index (χ1n) is 8.96. The number of aromatic nitrogens is 1. The molecule has 132 valence electrons. The quantitative estimate of drug-likeness (QED) is 0.719. The van der Waals surface area contributed by atoms with E-state index in [1.165, 1.54) is 29.5 Å². The Kier molecular flexibility index (Phi) is 5.82. The number of rotatable bonds is 7. The van der Waals surface area contributed by atoms with Crippen LogP contribution in [0.1, 0.15) is 37.4 Å². The molecule has 0 aliphatic heterocycles. The van der Waals surface area contributed by atoms with Gasteiger partial charge in [-0.15, -0.1) is 0 Å². The Hall–Kier alpha value is -1.07. The van der Waals surface area contributed by atoms with Gasteiger partial charge in [-0.3, -0.25) is 0 Å².